The number of hydrogen-bond acceptors (Lipinski definition) is 20. The van der Waals surface area contributed by atoms with Crippen LogP contribution < -0.4 is 69.1 Å². The average molecular weight is 1430 g/mol. The highest BCUT2D eigenvalue weighted by Crippen LogP contribution is 2.30. The number of anilines is 4. The number of nitrogen functional groups attached to an aromatic ring is 2. The molecule has 0 saturated carbocycles. The summed E-state index contributed by atoms with van der Waals surface area (Å²) in [5.74, 6) is 1.98. The first-order valence-corrected chi connectivity index (χ1v) is 31.3. The fraction of sp³-hybridized carbons (Fsp3) is 0.209. The zero-order valence-corrected chi connectivity index (χ0v) is 57.1. The number of nitrogens with zero attached hydrogens (tertiary/aromatic N) is 10. The summed E-state index contributed by atoms with van der Waals surface area (Å²) in [6.07, 6.45) is 7.09. The molecule has 32 heteroatoms. The van der Waals surface area contributed by atoms with Crippen molar-refractivity contribution in [1.29, 1.82) is 5.41 Å². The van der Waals surface area contributed by atoms with Crippen molar-refractivity contribution in [3.63, 3.8) is 0 Å². The van der Waals surface area contributed by atoms with Crippen molar-refractivity contribution in [1.82, 2.24) is 49.7 Å². The average Bonchev–Trinajstić information content (AvgIpc) is 0.823. The van der Waals surface area contributed by atoms with Gasteiger partial charge in [-0.3, -0.25) is 25.3 Å². The first kappa shape index (κ1) is 77.0. The molecule has 11 rings (SSSR count). The van der Waals surface area contributed by atoms with Crippen molar-refractivity contribution in [2.24, 2.45) is 15.7 Å². The summed E-state index contributed by atoms with van der Waals surface area (Å²) in [5, 5.41) is 49.5. The van der Waals surface area contributed by atoms with Gasteiger partial charge in [-0.1, -0.05) is 83.3 Å². The van der Waals surface area contributed by atoms with Gasteiger partial charge < -0.3 is 73.0 Å². The van der Waals surface area contributed by atoms with Gasteiger partial charge in [0.05, 0.1) is 89.3 Å². The summed E-state index contributed by atoms with van der Waals surface area (Å²) in [6.45, 7) is 8.48. The first-order valence-electron chi connectivity index (χ1n) is 30.1. The molecule has 4 heterocycles. The number of amides is 5. The molecule has 11 aromatic rings. The third kappa shape index (κ3) is 24.5. The molecular formula is C67H74Cl4N18O10. The van der Waals surface area contributed by atoms with E-state index in [0.717, 1.165) is 38.2 Å². The minimum Gasteiger partial charge on any atom is -0.491 e. The van der Waals surface area contributed by atoms with Gasteiger partial charge in [0.1, 0.15) is 45.2 Å². The predicted octanol–water partition coefficient (Wildman–Crippen LogP) is 11.4. The van der Waals surface area contributed by atoms with Gasteiger partial charge in [0, 0.05) is 21.6 Å². The van der Waals surface area contributed by atoms with Crippen molar-refractivity contribution < 1.29 is 49.0 Å². The smallest absolute Gasteiger partial charge is 0.407 e. The van der Waals surface area contributed by atoms with E-state index in [1.54, 1.807) is 142 Å². The monoisotopic (exact) mass is 1430 g/mol. The van der Waals surface area contributed by atoms with Crippen LogP contribution in [-0.4, -0.2) is 125 Å². The Balaban J connectivity index is 0.000000209. The van der Waals surface area contributed by atoms with Gasteiger partial charge in [-0.2, -0.15) is 24.2 Å². The first-order chi connectivity index (χ1) is 47.1. The van der Waals surface area contributed by atoms with E-state index >= 15 is 0 Å². The summed E-state index contributed by atoms with van der Waals surface area (Å²) >= 11 is 17.8. The molecule has 0 unspecified atom stereocenters. The van der Waals surface area contributed by atoms with E-state index in [0.29, 0.717) is 127 Å². The molecule has 0 atom stereocenters. The van der Waals surface area contributed by atoms with Crippen LogP contribution >= 0.6 is 47.2 Å². The highest BCUT2D eigenvalue weighted by atomic mass is 35.5. The molecule has 14 N–H and O–H groups in total. The Morgan fingerprint density at radius 2 is 0.960 bits per heavy atom. The number of fused-ring (bicyclic) bond motifs is 4. The Morgan fingerprint density at radius 1 is 0.545 bits per heavy atom. The summed E-state index contributed by atoms with van der Waals surface area (Å²) < 4.78 is 24.4. The predicted molar refractivity (Wildman–Crippen MR) is 383 cm³/mol. The topological polar surface area (TPSA) is 403 Å². The Hall–Kier alpha value is -11.0. The van der Waals surface area contributed by atoms with Crippen molar-refractivity contribution in [3.05, 3.63) is 208 Å². The number of carbonyl (C=O) groups excluding carboxylic acids is 3. The lowest BCUT2D eigenvalue weighted by atomic mass is 10.2. The van der Waals surface area contributed by atoms with Crippen molar-refractivity contribution in [2.45, 2.75) is 45.6 Å². The third-order valence-corrected chi connectivity index (χ3v) is 13.6. The van der Waals surface area contributed by atoms with Gasteiger partial charge in [0.15, 0.2) is 16.5 Å². The van der Waals surface area contributed by atoms with E-state index in [-0.39, 0.29) is 35.5 Å². The number of carbonyl (C=O) groups is 3. The van der Waals surface area contributed by atoms with Crippen molar-refractivity contribution >= 4 is 132 Å². The number of ether oxygens (including phenoxy) is 4. The second-order valence-corrected chi connectivity index (χ2v) is 22.8. The van der Waals surface area contributed by atoms with Gasteiger partial charge >= 0.3 is 18.2 Å². The maximum absolute atomic E-state index is 12.5. The number of urea groups is 2. The van der Waals surface area contributed by atoms with Crippen LogP contribution in [-0.2, 0) is 4.74 Å². The molecule has 0 aliphatic rings. The second kappa shape index (κ2) is 38.7. The second-order valence-electron chi connectivity index (χ2n) is 21.5. The number of nitrogens with one attached hydrogen (secondary N) is 5. The molecule has 4 aromatic heterocycles. The van der Waals surface area contributed by atoms with E-state index < -0.39 is 23.8 Å². The van der Waals surface area contributed by atoms with Gasteiger partial charge in [-0.05, 0) is 163 Å². The lowest BCUT2D eigenvalue weighted by Gasteiger charge is -2.19. The molecule has 0 aliphatic heterocycles. The number of alkyl carbamates (subject to hydrolysis) is 1. The molecule has 5 amide bonds. The lowest BCUT2D eigenvalue weighted by Crippen LogP contribution is -2.33. The molecule has 0 fully saturated rings. The highest BCUT2D eigenvalue weighted by molar-refractivity contribution is 6.31. The summed E-state index contributed by atoms with van der Waals surface area (Å²) in [4.78, 5) is 64.7. The highest BCUT2D eigenvalue weighted by Gasteiger charge is 2.16. The number of nitrogens with two attached hydrogens (primary N) is 3. The van der Waals surface area contributed by atoms with E-state index in [4.69, 9.17) is 76.4 Å². The van der Waals surface area contributed by atoms with Crippen LogP contribution in [0.25, 0.3) is 44.1 Å². The minimum atomic E-state index is -0.751. The number of para-hydroxylation sites is 8. The van der Waals surface area contributed by atoms with Gasteiger partial charge in [0.2, 0.25) is 0 Å². The zero-order valence-electron chi connectivity index (χ0n) is 54.1. The fourth-order valence-electron chi connectivity index (χ4n) is 8.36. The summed E-state index contributed by atoms with van der Waals surface area (Å²) in [7, 11) is 1.91. The minimum absolute atomic E-state index is 0. The van der Waals surface area contributed by atoms with Crippen LogP contribution in [0.5, 0.6) is 17.2 Å². The quantitative estimate of drug-likeness (QED) is 0.0243. The van der Waals surface area contributed by atoms with E-state index in [9.17, 15) is 30.0 Å². The number of hydrogen-bond donors (Lipinski definition) is 11. The normalized spacial score (nSPS) is 11.0. The molecule has 520 valence electrons. The Bertz CT molecular complexity index is 4730. The SMILES string of the molecule is CC(C)(C)OC(=O)NCCCOc1ccc(Cl)cc1NC(=O)N=c1cnc2ccccc2n1O.CNCCCOc1ccc(Cl)cc1N.Cl.N=c1cnc2ccccc2n1O.NCCCOc1ccc(Cl)cc1NC(=O)N=c1cnc2ccccc2n1O.Nc1cnc2ccccc2n1. The summed E-state index contributed by atoms with van der Waals surface area (Å²) in [5.41, 5.74) is 22.1. The third-order valence-electron chi connectivity index (χ3n) is 12.9. The van der Waals surface area contributed by atoms with Gasteiger partial charge in [-0.25, -0.2) is 19.4 Å². The fourth-order valence-corrected chi connectivity index (χ4v) is 8.88. The molecule has 0 aliphatic carbocycles. The Labute approximate surface area is 588 Å². The molecule has 28 nitrogen and oxygen atoms in total. The van der Waals surface area contributed by atoms with Gasteiger partial charge in [-0.15, -0.1) is 12.4 Å². The molecule has 0 radical (unpaired) electrons. The Morgan fingerprint density at radius 3 is 1.44 bits per heavy atom. The van der Waals surface area contributed by atoms with Crippen molar-refractivity contribution in [2.75, 3.05) is 68.6 Å². The molecule has 7 aromatic carbocycles. The van der Waals surface area contributed by atoms with Gasteiger partial charge in [0.25, 0.3) is 0 Å². The maximum Gasteiger partial charge on any atom is 0.407 e. The van der Waals surface area contributed by atoms with Crippen molar-refractivity contribution in [3.8, 4) is 17.2 Å². The molecule has 0 saturated heterocycles. The zero-order chi connectivity index (χ0) is 70.6. The number of aromatic nitrogens is 8. The summed E-state index contributed by atoms with van der Waals surface area (Å²) in [6, 6.07) is 42.0. The van der Waals surface area contributed by atoms with E-state index in [1.807, 2.05) is 37.4 Å². The maximum atomic E-state index is 12.5. The standard InChI is InChI=1S/C23H26ClN5O5.C18H18ClN5O3.C10H15ClN2O.C8H7N3O.C8H7N3.ClH/c1-23(2,3)34-22(31)25-11-6-12-33-19-10-9-15(24)13-17(19)27-21(30)28-20-14-26-16-7-4-5-8-18(16)29(20)32;19-12-6-7-16(27-9-3-8-20)14(10-12)22-18(25)23-17-11-21-13-4-1-2-5-15(13)24(17)26;1-13-5-2-6-14-10-4-3-8(11)7-9(10)12;9-8-5-10-6-3-1-2-4-7(6)11(8)12;9-8-5-10-6-3-1-2-4-7(6)11-8;/h4-5,7-10,13-14,32H,6,11-12H2,1-3H3,(H,25,31)(H,27,30);1-2,4-7,10-11,26H,3,8-9,20H2,(H,22,25);3-4,7,13H,2,5-6,12H2,1H3;1-5,9,12H;1-5H,(H2,9,11);1H. The van der Waals surface area contributed by atoms with Crippen LogP contribution in [0.2, 0.25) is 15.1 Å². The van der Waals surface area contributed by atoms with E-state index in [2.05, 4.69) is 56.2 Å². The molecule has 0 spiro atoms. The van der Waals surface area contributed by atoms with Crippen LogP contribution in [0.15, 0.2) is 186 Å². The number of benzene rings is 7. The number of halogens is 4. The lowest BCUT2D eigenvalue weighted by molar-refractivity contribution is 0.0525. The van der Waals surface area contributed by atoms with Crippen LogP contribution in [0.3, 0.4) is 0 Å². The van der Waals surface area contributed by atoms with Crippen LogP contribution in [0.1, 0.15) is 40.0 Å². The largest absolute Gasteiger partial charge is 0.491 e. The molecule has 99 heavy (non-hydrogen) atoms. The van der Waals surface area contributed by atoms with Crippen LogP contribution in [0.4, 0.5) is 37.3 Å². The molecule has 0 bridgehead atoms. The Kier molecular flexibility index (Phi) is 30.1. The van der Waals surface area contributed by atoms with Crippen LogP contribution in [0, 0.1) is 5.41 Å². The number of rotatable bonds is 16. The van der Waals surface area contributed by atoms with E-state index in [1.165, 1.54) is 24.7 Å². The molecular weight excluding hydrogens is 1360 g/mol.